The first-order valence-corrected chi connectivity index (χ1v) is 12.4. The van der Waals surface area contributed by atoms with Gasteiger partial charge in [-0.25, -0.2) is 0 Å². The topological polar surface area (TPSA) is 107 Å². The lowest BCUT2D eigenvalue weighted by molar-refractivity contribution is -0.159. The quantitative estimate of drug-likeness (QED) is 0.462. The number of carbonyl (C=O) groups is 2. The van der Waals surface area contributed by atoms with Crippen LogP contribution in [-0.2, 0) is 11.0 Å². The summed E-state index contributed by atoms with van der Waals surface area (Å²) in [7, 11) is 3.08. The minimum Gasteiger partial charge on any atom is -0.493 e. The maximum Gasteiger partial charge on any atom is 0.471 e. The van der Waals surface area contributed by atoms with E-state index in [2.05, 4.69) is 20.0 Å². The number of rotatable bonds is 7. The van der Waals surface area contributed by atoms with Crippen LogP contribution >= 0.6 is 0 Å². The van der Waals surface area contributed by atoms with E-state index in [1.807, 2.05) is 13.0 Å². The van der Waals surface area contributed by atoms with Gasteiger partial charge in [0, 0.05) is 17.7 Å². The summed E-state index contributed by atoms with van der Waals surface area (Å²) < 4.78 is 53.3. The van der Waals surface area contributed by atoms with Gasteiger partial charge in [-0.3, -0.25) is 9.59 Å². The first kappa shape index (κ1) is 26.5. The molecule has 1 saturated carbocycles. The van der Waals surface area contributed by atoms with Gasteiger partial charge in [0.1, 0.15) is 6.04 Å². The first-order valence-electron chi connectivity index (χ1n) is 12.4. The van der Waals surface area contributed by atoms with Gasteiger partial charge in [0.2, 0.25) is 11.7 Å². The van der Waals surface area contributed by atoms with Crippen molar-refractivity contribution in [3.8, 4) is 22.9 Å². The zero-order valence-corrected chi connectivity index (χ0v) is 21.5. The van der Waals surface area contributed by atoms with Crippen molar-refractivity contribution in [2.75, 3.05) is 20.8 Å². The summed E-state index contributed by atoms with van der Waals surface area (Å²) in [5, 5.41) is 6.40. The second kappa shape index (κ2) is 9.90. The zero-order valence-electron chi connectivity index (χ0n) is 21.5. The Bertz CT molecular complexity index is 1380. The third-order valence-electron chi connectivity index (χ3n) is 7.35. The van der Waals surface area contributed by atoms with E-state index in [9.17, 15) is 22.8 Å². The minimum absolute atomic E-state index is 0.0528. The fourth-order valence-electron chi connectivity index (χ4n) is 4.94. The molecule has 2 aromatic carbocycles. The molecule has 1 aliphatic carbocycles. The molecule has 2 aliphatic rings. The van der Waals surface area contributed by atoms with Crippen LogP contribution in [0.3, 0.4) is 0 Å². The average molecular weight is 545 g/mol. The van der Waals surface area contributed by atoms with Gasteiger partial charge in [-0.05, 0) is 61.4 Å². The van der Waals surface area contributed by atoms with E-state index >= 15 is 0 Å². The second-order valence-electron chi connectivity index (χ2n) is 10.00. The Hall–Kier alpha value is -4.09. The maximum atomic E-state index is 13.5. The van der Waals surface area contributed by atoms with Crippen molar-refractivity contribution in [2.45, 2.75) is 44.4 Å². The van der Waals surface area contributed by atoms with Crippen molar-refractivity contribution in [2.24, 2.45) is 5.41 Å². The summed E-state index contributed by atoms with van der Waals surface area (Å²) in [5.74, 6) is -1.13. The van der Waals surface area contributed by atoms with Crippen LogP contribution in [-0.4, -0.2) is 53.7 Å². The van der Waals surface area contributed by atoms with Crippen LogP contribution < -0.4 is 14.8 Å². The van der Waals surface area contributed by atoms with Crippen molar-refractivity contribution >= 4 is 11.8 Å². The molecule has 3 aromatic rings. The summed E-state index contributed by atoms with van der Waals surface area (Å²) in [5.41, 5.74) is 1.34. The molecule has 0 radical (unpaired) electrons. The largest absolute Gasteiger partial charge is 0.493 e. The smallest absolute Gasteiger partial charge is 0.471 e. The number of halogens is 3. The van der Waals surface area contributed by atoms with Crippen LogP contribution in [0.5, 0.6) is 11.5 Å². The average Bonchev–Trinajstić information content (AvgIpc) is 3.31. The van der Waals surface area contributed by atoms with Crippen molar-refractivity contribution in [1.29, 1.82) is 0 Å². The number of methoxy groups -OCH3 is 2. The summed E-state index contributed by atoms with van der Waals surface area (Å²) in [6.45, 7) is 2.32. The van der Waals surface area contributed by atoms with Gasteiger partial charge in [-0.2, -0.15) is 18.2 Å². The lowest BCUT2D eigenvalue weighted by Gasteiger charge is -2.26. The third kappa shape index (κ3) is 5.27. The Morgan fingerprint density at radius 2 is 1.79 bits per heavy atom. The SMILES string of the molecule is COc1ccc([C@H](C)NC(=O)[C@H]2CC3(CC3)CN2C(=O)c2ccc(-c3noc(C(F)(F)F)n3)cc2)cc1OC. The fraction of sp³-hybridized carbons (Fsp3) is 0.407. The number of hydrogen-bond acceptors (Lipinski definition) is 7. The van der Waals surface area contributed by atoms with Gasteiger partial charge in [0.05, 0.1) is 20.3 Å². The van der Waals surface area contributed by atoms with Crippen molar-refractivity contribution < 1.29 is 36.8 Å². The second-order valence-corrected chi connectivity index (χ2v) is 10.00. The van der Waals surface area contributed by atoms with E-state index < -0.39 is 18.1 Å². The van der Waals surface area contributed by atoms with E-state index in [0.717, 1.165) is 18.4 Å². The van der Waals surface area contributed by atoms with Crippen molar-refractivity contribution in [3.63, 3.8) is 0 Å². The molecule has 206 valence electrons. The van der Waals surface area contributed by atoms with Gasteiger partial charge in [0.25, 0.3) is 5.91 Å². The molecule has 1 N–H and O–H groups in total. The summed E-state index contributed by atoms with van der Waals surface area (Å²) in [4.78, 5) is 31.9. The Kier molecular flexibility index (Phi) is 6.73. The molecule has 2 amide bonds. The van der Waals surface area contributed by atoms with E-state index in [0.29, 0.717) is 30.0 Å². The Labute approximate surface area is 222 Å². The molecule has 2 atom stereocenters. The molecule has 12 heteroatoms. The molecule has 9 nitrogen and oxygen atoms in total. The molecule has 1 saturated heterocycles. The number of nitrogens with zero attached hydrogens (tertiary/aromatic N) is 3. The van der Waals surface area contributed by atoms with Crippen LogP contribution in [0, 0.1) is 5.41 Å². The van der Waals surface area contributed by atoms with E-state index in [1.165, 1.54) is 31.4 Å². The number of alkyl halides is 3. The number of benzene rings is 2. The summed E-state index contributed by atoms with van der Waals surface area (Å²) in [6.07, 6.45) is -2.28. The number of nitrogens with one attached hydrogen (secondary N) is 1. The van der Waals surface area contributed by atoms with Gasteiger partial charge in [-0.1, -0.05) is 23.4 Å². The Balaban J connectivity index is 1.31. The van der Waals surface area contributed by atoms with Crippen molar-refractivity contribution in [3.05, 3.63) is 59.5 Å². The molecular weight excluding hydrogens is 517 g/mol. The minimum atomic E-state index is -4.75. The van der Waals surface area contributed by atoms with E-state index in [1.54, 1.807) is 24.1 Å². The van der Waals surface area contributed by atoms with Gasteiger partial charge in [0.15, 0.2) is 11.5 Å². The van der Waals surface area contributed by atoms with Crippen LogP contribution in [0.1, 0.15) is 54.0 Å². The molecule has 0 bridgehead atoms. The number of ether oxygens (including phenoxy) is 2. The normalized spacial score (nSPS) is 18.6. The number of hydrogen-bond donors (Lipinski definition) is 1. The highest BCUT2D eigenvalue weighted by molar-refractivity contribution is 5.98. The predicted octanol–water partition coefficient (Wildman–Crippen LogP) is 4.64. The van der Waals surface area contributed by atoms with Gasteiger partial charge in [-0.15, -0.1) is 0 Å². The Morgan fingerprint density at radius 3 is 2.38 bits per heavy atom. The third-order valence-corrected chi connectivity index (χ3v) is 7.35. The zero-order chi connectivity index (χ0) is 27.9. The number of aromatic nitrogens is 2. The fourth-order valence-corrected chi connectivity index (χ4v) is 4.94. The molecule has 39 heavy (non-hydrogen) atoms. The molecular formula is C27H27F3N4O5. The first-order chi connectivity index (χ1) is 18.5. The van der Waals surface area contributed by atoms with Crippen molar-refractivity contribution in [1.82, 2.24) is 20.4 Å². The molecule has 0 unspecified atom stereocenters. The summed E-state index contributed by atoms with van der Waals surface area (Å²) >= 11 is 0. The Morgan fingerprint density at radius 1 is 1.10 bits per heavy atom. The molecule has 5 rings (SSSR count). The van der Waals surface area contributed by atoms with Gasteiger partial charge >= 0.3 is 12.1 Å². The molecule has 2 fully saturated rings. The van der Waals surface area contributed by atoms with E-state index in [-0.39, 0.29) is 34.7 Å². The highest BCUT2D eigenvalue weighted by Crippen LogP contribution is 2.55. The number of amides is 2. The highest BCUT2D eigenvalue weighted by Gasteiger charge is 2.55. The van der Waals surface area contributed by atoms with Gasteiger partial charge < -0.3 is 24.2 Å². The number of likely N-dealkylation sites (tertiary alicyclic amines) is 1. The van der Waals surface area contributed by atoms with Crippen LogP contribution in [0.15, 0.2) is 47.0 Å². The van der Waals surface area contributed by atoms with Crippen LogP contribution in [0.25, 0.3) is 11.4 Å². The lowest BCUT2D eigenvalue weighted by Crippen LogP contribution is -2.46. The maximum absolute atomic E-state index is 13.5. The van der Waals surface area contributed by atoms with Crippen LogP contribution in [0.4, 0.5) is 13.2 Å². The summed E-state index contributed by atoms with van der Waals surface area (Å²) in [6, 6.07) is 10.3. The molecule has 2 heterocycles. The standard InChI is InChI=1S/C27H27F3N4O5/c1-15(18-8-9-20(37-2)21(12-18)38-3)31-23(35)19-13-26(10-11-26)14-34(19)24(36)17-6-4-16(5-7-17)22-32-25(39-33-22)27(28,29)30/h4-9,12,15,19H,10-11,13-14H2,1-3H3,(H,31,35)/t15-,19+/m0/s1. The lowest BCUT2D eigenvalue weighted by atomic mass is 10.0. The predicted molar refractivity (Wildman–Crippen MR) is 132 cm³/mol. The van der Waals surface area contributed by atoms with E-state index in [4.69, 9.17) is 9.47 Å². The molecule has 1 aliphatic heterocycles. The van der Waals surface area contributed by atoms with Crippen LogP contribution in [0.2, 0.25) is 0 Å². The molecule has 1 aromatic heterocycles. The molecule has 1 spiro atoms. The monoisotopic (exact) mass is 544 g/mol. The number of carbonyl (C=O) groups excluding carboxylic acids is 2. The highest BCUT2D eigenvalue weighted by atomic mass is 19.4.